The summed E-state index contributed by atoms with van der Waals surface area (Å²) in [4.78, 5) is 33.7. The van der Waals surface area contributed by atoms with Gasteiger partial charge < -0.3 is 14.8 Å². The van der Waals surface area contributed by atoms with Gasteiger partial charge in [0.2, 0.25) is 0 Å². The van der Waals surface area contributed by atoms with E-state index < -0.39 is 6.04 Å². The Kier molecular flexibility index (Phi) is 8.29. The van der Waals surface area contributed by atoms with E-state index in [2.05, 4.69) is 5.32 Å². The molecule has 0 aliphatic carbocycles. The van der Waals surface area contributed by atoms with Gasteiger partial charge in [0.05, 0.1) is 27.9 Å². The van der Waals surface area contributed by atoms with Gasteiger partial charge in [-0.2, -0.15) is 0 Å². The van der Waals surface area contributed by atoms with Crippen LogP contribution in [-0.4, -0.2) is 17.6 Å². The molecule has 0 spiro atoms. The zero-order valence-electron chi connectivity index (χ0n) is 23.2. The molecular weight excluding hydrogens is 602 g/mol. The van der Waals surface area contributed by atoms with E-state index in [-0.39, 0.29) is 11.5 Å². The number of allylic oxidation sites excluding steroid dienone is 1. The van der Waals surface area contributed by atoms with Crippen LogP contribution < -0.4 is 29.7 Å². The van der Waals surface area contributed by atoms with Crippen LogP contribution in [-0.2, 0) is 11.4 Å². The molecule has 1 amide bonds. The maximum Gasteiger partial charge on any atom is 0.271 e. The number of thiophene rings is 1. The minimum atomic E-state index is -0.617. The number of hydrogen-bond acceptors (Lipinski definition) is 7. The molecule has 0 saturated carbocycles. The first-order chi connectivity index (χ1) is 20.9. The Balaban J connectivity index is 1.38. The van der Waals surface area contributed by atoms with Crippen molar-refractivity contribution in [2.45, 2.75) is 19.6 Å². The first-order valence-electron chi connectivity index (χ1n) is 13.4. The number of rotatable bonds is 8. The number of hydrogen-bond donors (Lipinski definition) is 1. The highest BCUT2D eigenvalue weighted by Gasteiger charge is 2.33. The molecule has 1 aliphatic heterocycles. The van der Waals surface area contributed by atoms with Crippen molar-refractivity contribution in [2.24, 2.45) is 4.99 Å². The normalized spacial score (nSPS) is 14.7. The summed E-state index contributed by atoms with van der Waals surface area (Å²) in [6.45, 7) is 2.13. The molecule has 6 rings (SSSR count). The molecule has 5 aromatic rings. The summed E-state index contributed by atoms with van der Waals surface area (Å²) in [6, 6.07) is 25.7. The molecule has 216 valence electrons. The number of halogens is 1. The lowest BCUT2D eigenvalue weighted by Crippen LogP contribution is -2.40. The molecule has 3 aromatic carbocycles. The van der Waals surface area contributed by atoms with Crippen LogP contribution in [0, 0.1) is 0 Å². The van der Waals surface area contributed by atoms with Gasteiger partial charge in [-0.1, -0.05) is 77.5 Å². The van der Waals surface area contributed by atoms with Crippen LogP contribution in [0.2, 0.25) is 5.02 Å². The molecule has 0 unspecified atom stereocenters. The van der Waals surface area contributed by atoms with Crippen molar-refractivity contribution in [3.63, 3.8) is 0 Å². The van der Waals surface area contributed by atoms with E-state index in [1.165, 1.54) is 22.7 Å². The second-order valence-corrected chi connectivity index (χ2v) is 12.1. The number of carbonyl (C=O) groups excluding carboxylic acids is 1. The van der Waals surface area contributed by atoms with Gasteiger partial charge in [0.1, 0.15) is 12.6 Å². The number of nitrogens with one attached hydrogen (secondary N) is 1. The van der Waals surface area contributed by atoms with Crippen LogP contribution in [0.25, 0.3) is 6.08 Å². The quantitative estimate of drug-likeness (QED) is 0.223. The summed E-state index contributed by atoms with van der Waals surface area (Å²) in [6.07, 6.45) is 1.76. The molecule has 3 heterocycles. The lowest BCUT2D eigenvalue weighted by Gasteiger charge is -2.24. The van der Waals surface area contributed by atoms with Crippen LogP contribution >= 0.6 is 34.3 Å². The van der Waals surface area contributed by atoms with Crippen molar-refractivity contribution in [2.75, 3.05) is 12.4 Å². The number of ether oxygens (including phenoxy) is 2. The Bertz CT molecular complexity index is 2000. The van der Waals surface area contributed by atoms with Gasteiger partial charge >= 0.3 is 0 Å². The van der Waals surface area contributed by atoms with Gasteiger partial charge in [-0.15, -0.1) is 11.3 Å². The smallest absolute Gasteiger partial charge is 0.271 e. The summed E-state index contributed by atoms with van der Waals surface area (Å²) >= 11 is 9.39. The molecule has 10 heteroatoms. The average molecular weight is 628 g/mol. The van der Waals surface area contributed by atoms with Gasteiger partial charge in [-0.3, -0.25) is 14.2 Å². The van der Waals surface area contributed by atoms with Crippen LogP contribution in [0.5, 0.6) is 11.5 Å². The first kappa shape index (κ1) is 28.7. The second kappa shape index (κ2) is 12.4. The highest BCUT2D eigenvalue weighted by Crippen LogP contribution is 2.37. The van der Waals surface area contributed by atoms with Crippen LogP contribution in [0.1, 0.15) is 29.0 Å². The van der Waals surface area contributed by atoms with E-state index in [4.69, 9.17) is 26.1 Å². The van der Waals surface area contributed by atoms with Crippen molar-refractivity contribution in [1.29, 1.82) is 0 Å². The lowest BCUT2D eigenvalue weighted by atomic mass is 10.0. The van der Waals surface area contributed by atoms with Gasteiger partial charge in [0.25, 0.3) is 11.5 Å². The molecular formula is C33H26ClN3O4S2. The molecule has 0 fully saturated rings. The zero-order valence-corrected chi connectivity index (χ0v) is 25.6. The largest absolute Gasteiger partial charge is 0.493 e. The maximum absolute atomic E-state index is 14.0. The maximum atomic E-state index is 14.0. The van der Waals surface area contributed by atoms with E-state index in [9.17, 15) is 9.59 Å². The summed E-state index contributed by atoms with van der Waals surface area (Å²) in [7, 11) is 1.55. The molecule has 0 bridgehead atoms. The van der Waals surface area contributed by atoms with Gasteiger partial charge in [0.15, 0.2) is 16.3 Å². The minimum Gasteiger partial charge on any atom is -0.493 e. The number of aromatic nitrogens is 1. The molecule has 0 radical (unpaired) electrons. The van der Waals surface area contributed by atoms with Gasteiger partial charge in [-0.25, -0.2) is 4.99 Å². The van der Waals surface area contributed by atoms with Crippen molar-refractivity contribution in [1.82, 2.24) is 4.57 Å². The number of thiazole rings is 1. The van der Waals surface area contributed by atoms with E-state index >= 15 is 0 Å². The minimum absolute atomic E-state index is 0.251. The summed E-state index contributed by atoms with van der Waals surface area (Å²) < 4.78 is 13.6. The molecule has 7 nitrogen and oxygen atoms in total. The summed E-state index contributed by atoms with van der Waals surface area (Å²) in [5.74, 6) is 0.575. The van der Waals surface area contributed by atoms with Crippen LogP contribution in [0.15, 0.2) is 111 Å². The highest BCUT2D eigenvalue weighted by molar-refractivity contribution is 7.10. The van der Waals surface area contributed by atoms with Crippen LogP contribution in [0.3, 0.4) is 0 Å². The Labute approximate surface area is 260 Å². The van der Waals surface area contributed by atoms with E-state index in [0.717, 1.165) is 10.4 Å². The molecule has 2 aromatic heterocycles. The second-order valence-electron chi connectivity index (χ2n) is 9.73. The molecule has 43 heavy (non-hydrogen) atoms. The summed E-state index contributed by atoms with van der Waals surface area (Å²) in [5.41, 5.74) is 3.07. The van der Waals surface area contributed by atoms with Crippen LogP contribution in [0.4, 0.5) is 5.69 Å². The molecule has 1 aliphatic rings. The lowest BCUT2D eigenvalue weighted by molar-refractivity contribution is -0.113. The van der Waals surface area contributed by atoms with E-state index in [1.54, 1.807) is 36.8 Å². The van der Waals surface area contributed by atoms with E-state index in [0.29, 0.717) is 55.0 Å². The molecule has 0 saturated heterocycles. The first-order valence-corrected chi connectivity index (χ1v) is 15.5. The fourth-order valence-electron chi connectivity index (χ4n) is 4.89. The number of amides is 1. The monoisotopic (exact) mass is 627 g/mol. The number of fused-ring (bicyclic) bond motifs is 1. The summed E-state index contributed by atoms with van der Waals surface area (Å²) in [5, 5.41) is 5.26. The van der Waals surface area contributed by atoms with Crippen molar-refractivity contribution < 1.29 is 14.3 Å². The number of nitrogens with zero attached hydrogens (tertiary/aromatic N) is 2. The number of methoxy groups -OCH3 is 1. The molecule has 1 N–H and O–H groups in total. The number of benzene rings is 3. The Morgan fingerprint density at radius 3 is 2.51 bits per heavy atom. The zero-order chi connectivity index (χ0) is 29.9. The van der Waals surface area contributed by atoms with Crippen molar-refractivity contribution >= 4 is 51.9 Å². The predicted molar refractivity (Wildman–Crippen MR) is 172 cm³/mol. The Hall–Kier alpha value is -4.44. The van der Waals surface area contributed by atoms with Crippen molar-refractivity contribution in [3.8, 4) is 11.5 Å². The SMILES string of the molecule is COc1cc(C=c2sc3n(c2=O)[C@H](c2cccs2)C(C(=O)Nc2ccccc2)=C(C)N=3)cc(Cl)c1OCc1ccccc1. The average Bonchev–Trinajstić information content (AvgIpc) is 3.65. The van der Waals surface area contributed by atoms with Crippen molar-refractivity contribution in [3.05, 3.63) is 142 Å². The number of anilines is 1. The third-order valence-electron chi connectivity index (χ3n) is 6.89. The molecule has 1 atom stereocenters. The van der Waals surface area contributed by atoms with Gasteiger partial charge in [0, 0.05) is 10.6 Å². The van der Waals surface area contributed by atoms with Gasteiger partial charge in [-0.05, 0) is 59.8 Å². The predicted octanol–water partition coefficient (Wildman–Crippen LogP) is 6.18. The third-order valence-corrected chi connectivity index (χ3v) is 9.07. The number of para-hydroxylation sites is 1. The fourth-order valence-corrected chi connectivity index (χ4v) is 7.04. The highest BCUT2D eigenvalue weighted by atomic mass is 35.5. The fraction of sp³-hybridized carbons (Fsp3) is 0.121. The standard InChI is InChI=1S/C33H26ClN3O4S2/c1-20-28(31(38)36-23-12-7-4-8-13-23)29(26-14-9-15-42-26)37-32(39)27(43-33(37)35-20)18-22-16-24(34)30(25(17-22)40-2)41-19-21-10-5-3-6-11-21/h3-18,29H,19H2,1-2H3,(H,36,38)/t29-/m1/s1. The third kappa shape index (κ3) is 5.92. The Morgan fingerprint density at radius 1 is 1.07 bits per heavy atom. The topological polar surface area (TPSA) is 81.9 Å². The Morgan fingerprint density at radius 2 is 1.81 bits per heavy atom. The number of carbonyl (C=O) groups is 1. The van der Waals surface area contributed by atoms with E-state index in [1.807, 2.05) is 78.2 Å².